The van der Waals surface area contributed by atoms with Crippen molar-refractivity contribution in [1.82, 2.24) is 0 Å². The van der Waals surface area contributed by atoms with E-state index in [0.29, 0.717) is 36.9 Å². The summed E-state index contributed by atoms with van der Waals surface area (Å²) < 4.78 is 23.1. The van der Waals surface area contributed by atoms with Gasteiger partial charge in [-0.15, -0.1) is 0 Å². The van der Waals surface area contributed by atoms with E-state index in [-0.39, 0.29) is 59.6 Å². The average molecular weight is 1120 g/mol. The summed E-state index contributed by atoms with van der Waals surface area (Å²) in [4.78, 5) is 34.8. The minimum atomic E-state index is -1.23. The van der Waals surface area contributed by atoms with Crippen LogP contribution in [0.5, 0.6) is 23.0 Å². The monoisotopic (exact) mass is 1120 g/mol. The van der Waals surface area contributed by atoms with E-state index in [1.807, 2.05) is 237 Å². The molecule has 84 heavy (non-hydrogen) atoms. The summed E-state index contributed by atoms with van der Waals surface area (Å²) in [5.41, 5.74) is 5.35. The predicted octanol–water partition coefficient (Wildman–Crippen LogP) is 11.7. The van der Waals surface area contributed by atoms with Crippen molar-refractivity contribution in [2.45, 2.75) is 33.0 Å². The van der Waals surface area contributed by atoms with Crippen LogP contribution < -0.4 is 48.9 Å². The van der Waals surface area contributed by atoms with Gasteiger partial charge >= 0.3 is 41.5 Å². The molecule has 0 spiro atoms. The van der Waals surface area contributed by atoms with Crippen LogP contribution in [-0.2, 0) is 37.8 Å². The summed E-state index contributed by atoms with van der Waals surface area (Å²) in [5, 5.41) is 46.6. The van der Waals surface area contributed by atoms with Crippen LogP contribution in [0.15, 0.2) is 267 Å². The summed E-state index contributed by atoms with van der Waals surface area (Å²) in [6, 6.07) is 84.0. The fourth-order valence-corrected chi connectivity index (χ4v) is 8.93. The number of ether oxygens (including phenoxy) is 4. The third kappa shape index (κ3) is 16.7. The number of hydrogen-bond donors (Lipinski definition) is 3. The van der Waals surface area contributed by atoms with Crippen LogP contribution in [0.2, 0.25) is 0 Å². The molecule has 3 N–H and O–H groups in total. The second-order valence-corrected chi connectivity index (χ2v) is 19.0. The molecule has 0 fully saturated rings. The van der Waals surface area contributed by atoms with Crippen molar-refractivity contribution in [2.75, 3.05) is 0 Å². The zero-order valence-electron chi connectivity index (χ0n) is 46.0. The Morgan fingerprint density at radius 2 is 0.655 bits per heavy atom. The van der Waals surface area contributed by atoms with Gasteiger partial charge in [-0.3, -0.25) is 0 Å². The number of phenols is 1. The van der Waals surface area contributed by atoms with Gasteiger partial charge in [0.2, 0.25) is 0 Å². The van der Waals surface area contributed by atoms with E-state index >= 15 is 0 Å². The number of esters is 1. The number of benzene rings is 12. The molecule has 0 aliphatic rings. The van der Waals surface area contributed by atoms with Crippen LogP contribution in [0.25, 0.3) is 43.1 Å². The number of carboxylic acid groups (broad SMARTS) is 2. The van der Waals surface area contributed by atoms with Crippen molar-refractivity contribution in [1.29, 1.82) is 0 Å². The molecule has 0 aliphatic heterocycles. The van der Waals surface area contributed by atoms with Gasteiger partial charge in [0.15, 0.2) is 0 Å². The first-order valence-corrected chi connectivity index (χ1v) is 26.6. The topological polar surface area (TPSA) is 172 Å². The number of hydrogen-bond acceptors (Lipinski definition) is 10. The van der Waals surface area contributed by atoms with Gasteiger partial charge in [0.05, 0.1) is 12.6 Å². The molecule has 0 atom stereocenters. The quantitative estimate of drug-likeness (QED) is 0.0659. The summed E-state index contributed by atoms with van der Waals surface area (Å²) >= 11 is 0. The van der Waals surface area contributed by atoms with Crippen molar-refractivity contribution >= 4 is 61.0 Å². The Bertz CT molecular complexity index is 4120. The molecule has 0 unspecified atom stereocenters. The molecule has 0 aliphatic carbocycles. The molecule has 0 heterocycles. The number of aliphatic hydroxyl groups excluding tert-OH is 1. The Labute approximate surface area is 508 Å². The summed E-state index contributed by atoms with van der Waals surface area (Å²) in [6.45, 7) is 1.42. The summed E-state index contributed by atoms with van der Waals surface area (Å²) in [5.74, 6) is -1.33. The first-order chi connectivity index (χ1) is 40.6. The molecular weight excluding hydrogens is 1060 g/mol. The fraction of sp³-hybridized carbons (Fsp3) is 0.0694. The van der Waals surface area contributed by atoms with E-state index < -0.39 is 17.9 Å². The van der Waals surface area contributed by atoms with E-state index in [9.17, 15) is 29.7 Å². The van der Waals surface area contributed by atoms with Gasteiger partial charge in [-0.2, -0.15) is 0 Å². The van der Waals surface area contributed by atoms with E-state index in [0.717, 1.165) is 76.7 Å². The van der Waals surface area contributed by atoms with Crippen molar-refractivity contribution in [3.05, 3.63) is 311 Å². The van der Waals surface area contributed by atoms with Crippen LogP contribution in [0.1, 0.15) is 58.9 Å². The zero-order chi connectivity index (χ0) is 57.8. The van der Waals surface area contributed by atoms with E-state index in [4.69, 9.17) is 24.1 Å². The number of rotatable bonds is 15. The van der Waals surface area contributed by atoms with Crippen molar-refractivity contribution in [3.63, 3.8) is 0 Å². The first kappa shape index (κ1) is 60.3. The molecular formula is C72H57NaO11. The zero-order valence-corrected chi connectivity index (χ0v) is 48.0. The van der Waals surface area contributed by atoms with Crippen LogP contribution in [0.3, 0.4) is 0 Å². The maximum absolute atomic E-state index is 12.8. The van der Waals surface area contributed by atoms with Gasteiger partial charge in [-0.25, -0.2) is 9.59 Å². The molecule has 0 aromatic heterocycles. The van der Waals surface area contributed by atoms with E-state index in [1.54, 1.807) is 18.2 Å². The predicted molar refractivity (Wildman–Crippen MR) is 323 cm³/mol. The molecule has 12 aromatic carbocycles. The SMILES string of the molecule is O=C(O)c1cc2ccccc2cc1O.O=C(OCc1ccccc1)c1cc2ccccc2cc1OCc1ccccc1.O=C([O-])c1cc2ccccc2cc1OCc1ccccc1.OCc1cc2ccccc2cc1OCc1ccccc1.[Na+]. The molecule has 0 bridgehead atoms. The van der Waals surface area contributed by atoms with E-state index in [2.05, 4.69) is 0 Å². The van der Waals surface area contributed by atoms with Crippen molar-refractivity contribution in [2.24, 2.45) is 0 Å². The number of carboxylic acids is 2. The van der Waals surface area contributed by atoms with Gasteiger partial charge in [-0.05, 0) is 114 Å². The maximum Gasteiger partial charge on any atom is 1.00 e. The first-order valence-electron chi connectivity index (χ1n) is 26.6. The molecule has 0 radical (unpaired) electrons. The molecule has 12 heteroatoms. The molecule has 0 saturated carbocycles. The fourth-order valence-electron chi connectivity index (χ4n) is 8.93. The van der Waals surface area contributed by atoms with Gasteiger partial charge in [-0.1, -0.05) is 218 Å². The number of aromatic hydroxyl groups is 1. The van der Waals surface area contributed by atoms with Crippen molar-refractivity contribution < 1.29 is 83.3 Å². The second-order valence-electron chi connectivity index (χ2n) is 19.0. The largest absolute Gasteiger partial charge is 1.00 e. The number of aliphatic hydroxyl groups is 1. The Hall–Kier alpha value is -9.75. The molecule has 11 nitrogen and oxygen atoms in total. The van der Waals surface area contributed by atoms with Crippen molar-refractivity contribution in [3.8, 4) is 23.0 Å². The smallest absolute Gasteiger partial charge is 0.545 e. The number of fused-ring (bicyclic) bond motifs is 4. The Morgan fingerprint density at radius 1 is 0.357 bits per heavy atom. The second kappa shape index (κ2) is 30.3. The average Bonchev–Trinajstić information content (AvgIpc) is 3.72. The maximum atomic E-state index is 12.8. The third-order valence-corrected chi connectivity index (χ3v) is 13.3. The van der Waals surface area contributed by atoms with Crippen LogP contribution in [-0.4, -0.2) is 33.2 Å². The number of aromatic carboxylic acids is 2. The Kier molecular flexibility index (Phi) is 21.8. The number of carbonyl (C=O) groups excluding carboxylic acids is 2. The normalized spacial score (nSPS) is 10.4. The van der Waals surface area contributed by atoms with Crippen LogP contribution in [0.4, 0.5) is 0 Å². The summed E-state index contributed by atoms with van der Waals surface area (Å²) in [7, 11) is 0. The van der Waals surface area contributed by atoms with Gasteiger partial charge in [0.25, 0.3) is 0 Å². The van der Waals surface area contributed by atoms with Gasteiger partial charge < -0.3 is 44.2 Å². The Balaban J connectivity index is 0.000000149. The van der Waals surface area contributed by atoms with Crippen LogP contribution in [0, 0.1) is 0 Å². The summed E-state index contributed by atoms with van der Waals surface area (Å²) in [6.07, 6.45) is 0. The van der Waals surface area contributed by atoms with Crippen LogP contribution >= 0.6 is 0 Å². The minimum absolute atomic E-state index is 0. The van der Waals surface area contributed by atoms with Gasteiger partial charge in [0, 0.05) is 11.1 Å². The molecule has 12 rings (SSSR count). The molecule has 412 valence electrons. The standard InChI is InChI=1S/C25H20O3.C18H14O3.C18H16O2.C11H8O3.Na/c26-25(28-18-20-11-5-2-6-12-20)23-15-21-13-7-8-14-22(21)16-24(23)27-17-19-9-3-1-4-10-19;19-18(20)16-10-14-8-4-5-9-15(14)11-17(16)21-12-13-6-2-1-3-7-13;19-12-17-10-15-8-4-5-9-16(15)11-18(17)20-13-14-6-2-1-3-7-14;12-10-6-8-4-2-1-3-7(8)5-9(10)11(13)14;/h1-16H,17-18H2;1-11H,12H2,(H,19,20);1-11,19H,12-13H2;1-6,12H,(H,13,14);/q;;;;+1/p-1. The molecule has 0 amide bonds. The molecule has 12 aromatic rings. The van der Waals surface area contributed by atoms with Gasteiger partial charge in [0.1, 0.15) is 60.6 Å². The number of carbonyl (C=O) groups is 3. The molecule has 0 saturated heterocycles. The van der Waals surface area contributed by atoms with E-state index in [1.165, 1.54) is 12.1 Å². The third-order valence-electron chi connectivity index (χ3n) is 13.3. The minimum Gasteiger partial charge on any atom is -0.545 e. The Morgan fingerprint density at radius 3 is 1.04 bits per heavy atom.